The van der Waals surface area contributed by atoms with Gasteiger partial charge in [-0.2, -0.15) is 0 Å². The highest BCUT2D eigenvalue weighted by Crippen LogP contribution is 2.49. The lowest BCUT2D eigenvalue weighted by atomic mass is 10.4. The summed E-state index contributed by atoms with van der Waals surface area (Å²) in [5.41, 5.74) is 3.26. The van der Waals surface area contributed by atoms with Gasteiger partial charge in [-0.15, -0.1) is 5.73 Å². The quantitative estimate of drug-likeness (QED) is 0.551. The number of aliphatic hydroxyl groups excluding tert-OH is 1. The van der Waals surface area contributed by atoms with E-state index in [9.17, 15) is 4.57 Å². The minimum atomic E-state index is -3.15. The molecule has 0 rings (SSSR count). The predicted molar refractivity (Wildman–Crippen MR) is 55.2 cm³/mol. The second kappa shape index (κ2) is 6.99. The number of hydrogen-bond acceptors (Lipinski definition) is 4. The minimum Gasteiger partial charge on any atom is -0.391 e. The van der Waals surface area contributed by atoms with Crippen LogP contribution < -0.4 is 0 Å². The average Bonchev–Trinajstić information content (AvgIpc) is 2.15. The molecule has 5 heteroatoms. The van der Waals surface area contributed by atoms with Gasteiger partial charge < -0.3 is 14.2 Å². The SMILES string of the molecule is CCOP(=O)(C=C=C(C)CO)OCC. The van der Waals surface area contributed by atoms with Crippen molar-refractivity contribution in [1.29, 1.82) is 0 Å². The van der Waals surface area contributed by atoms with Crippen LogP contribution in [0, 0.1) is 0 Å². The lowest BCUT2D eigenvalue weighted by Crippen LogP contribution is -1.92. The highest BCUT2D eigenvalue weighted by Gasteiger charge is 2.18. The van der Waals surface area contributed by atoms with E-state index in [4.69, 9.17) is 14.2 Å². The third-order valence-corrected chi connectivity index (χ3v) is 3.01. The van der Waals surface area contributed by atoms with Gasteiger partial charge in [-0.05, 0) is 26.3 Å². The predicted octanol–water partition coefficient (Wildman–Crippen LogP) is 2.30. The van der Waals surface area contributed by atoms with Gasteiger partial charge in [-0.1, -0.05) is 0 Å². The van der Waals surface area contributed by atoms with Gasteiger partial charge in [-0.25, -0.2) is 0 Å². The summed E-state index contributed by atoms with van der Waals surface area (Å²) < 4.78 is 21.7. The Balaban J connectivity index is 4.68. The Hall–Kier alpha value is -0.370. The molecule has 82 valence electrons. The topological polar surface area (TPSA) is 55.8 Å². The molecule has 0 aromatic heterocycles. The Bertz CT molecular complexity index is 256. The van der Waals surface area contributed by atoms with Crippen molar-refractivity contribution in [2.75, 3.05) is 19.8 Å². The molecular formula is C9H17O4P. The first-order chi connectivity index (χ1) is 6.58. The molecule has 0 saturated carbocycles. The molecule has 0 aliphatic rings. The van der Waals surface area contributed by atoms with Crippen LogP contribution in [0.3, 0.4) is 0 Å². The van der Waals surface area contributed by atoms with Gasteiger partial charge in [0.1, 0.15) is 0 Å². The van der Waals surface area contributed by atoms with E-state index in [-0.39, 0.29) is 6.61 Å². The van der Waals surface area contributed by atoms with Gasteiger partial charge in [0.05, 0.1) is 25.6 Å². The van der Waals surface area contributed by atoms with Crippen LogP contribution in [0.15, 0.2) is 17.1 Å². The van der Waals surface area contributed by atoms with Crippen molar-refractivity contribution in [3.8, 4) is 0 Å². The van der Waals surface area contributed by atoms with Crippen molar-refractivity contribution in [2.24, 2.45) is 0 Å². The fourth-order valence-corrected chi connectivity index (χ4v) is 2.03. The highest BCUT2D eigenvalue weighted by molar-refractivity contribution is 7.57. The molecule has 0 bridgehead atoms. The van der Waals surface area contributed by atoms with E-state index in [2.05, 4.69) is 5.73 Å². The maximum absolute atomic E-state index is 11.8. The summed E-state index contributed by atoms with van der Waals surface area (Å²) >= 11 is 0. The van der Waals surface area contributed by atoms with Crippen molar-refractivity contribution in [1.82, 2.24) is 0 Å². The number of hydrogen-bond donors (Lipinski definition) is 1. The molecule has 14 heavy (non-hydrogen) atoms. The monoisotopic (exact) mass is 220 g/mol. The van der Waals surface area contributed by atoms with E-state index in [0.717, 1.165) is 0 Å². The van der Waals surface area contributed by atoms with Gasteiger partial charge >= 0.3 is 7.60 Å². The van der Waals surface area contributed by atoms with Crippen LogP contribution in [0.4, 0.5) is 0 Å². The Labute approximate surface area is 84.8 Å². The van der Waals surface area contributed by atoms with Gasteiger partial charge in [0.25, 0.3) is 0 Å². The van der Waals surface area contributed by atoms with Crippen molar-refractivity contribution in [2.45, 2.75) is 20.8 Å². The molecule has 0 radical (unpaired) electrons. The number of rotatable bonds is 6. The van der Waals surface area contributed by atoms with Crippen LogP contribution in [-0.4, -0.2) is 24.9 Å². The lowest BCUT2D eigenvalue weighted by Gasteiger charge is -2.11. The molecular weight excluding hydrogens is 203 g/mol. The van der Waals surface area contributed by atoms with E-state index in [1.807, 2.05) is 0 Å². The Morgan fingerprint density at radius 2 is 1.93 bits per heavy atom. The third kappa shape index (κ3) is 5.38. The molecule has 0 fully saturated rings. The van der Waals surface area contributed by atoms with E-state index < -0.39 is 7.60 Å². The summed E-state index contributed by atoms with van der Waals surface area (Å²) in [6.45, 7) is 5.67. The molecule has 0 unspecified atom stereocenters. The second-order valence-corrected chi connectivity index (χ2v) is 4.44. The van der Waals surface area contributed by atoms with Crippen molar-refractivity contribution in [3.05, 3.63) is 17.1 Å². The third-order valence-electron chi connectivity index (χ3n) is 1.32. The lowest BCUT2D eigenvalue weighted by molar-refractivity contribution is 0.229. The van der Waals surface area contributed by atoms with E-state index in [1.54, 1.807) is 20.8 Å². The maximum atomic E-state index is 11.8. The van der Waals surface area contributed by atoms with E-state index in [1.165, 1.54) is 5.82 Å². The fraction of sp³-hybridized carbons (Fsp3) is 0.667. The molecule has 0 aromatic rings. The van der Waals surface area contributed by atoms with Crippen LogP contribution >= 0.6 is 7.60 Å². The first kappa shape index (κ1) is 13.6. The maximum Gasteiger partial charge on any atom is 0.361 e. The molecule has 0 amide bonds. The first-order valence-electron chi connectivity index (χ1n) is 4.51. The zero-order valence-corrected chi connectivity index (χ0v) is 9.71. The highest BCUT2D eigenvalue weighted by atomic mass is 31.2. The van der Waals surface area contributed by atoms with Crippen LogP contribution in [-0.2, 0) is 13.6 Å². The fourth-order valence-electron chi connectivity index (χ4n) is 0.707. The average molecular weight is 220 g/mol. The van der Waals surface area contributed by atoms with Crippen molar-refractivity contribution < 1.29 is 18.7 Å². The van der Waals surface area contributed by atoms with Crippen LogP contribution in [0.1, 0.15) is 20.8 Å². The van der Waals surface area contributed by atoms with Gasteiger partial charge in [0, 0.05) is 0 Å². The molecule has 0 atom stereocenters. The molecule has 4 nitrogen and oxygen atoms in total. The summed E-state index contributed by atoms with van der Waals surface area (Å²) in [6.07, 6.45) is 0. The summed E-state index contributed by atoms with van der Waals surface area (Å²) in [6, 6.07) is 0. The minimum absolute atomic E-state index is 0.116. The standard InChI is InChI=1S/C9H17O4P/c1-4-12-14(11,13-5-2)7-6-9(3)8-10/h7,10H,4-5,8H2,1-3H3. The second-order valence-electron chi connectivity index (χ2n) is 2.59. The molecule has 0 aliphatic heterocycles. The first-order valence-corrected chi connectivity index (χ1v) is 6.12. The Morgan fingerprint density at radius 3 is 2.29 bits per heavy atom. The van der Waals surface area contributed by atoms with Crippen LogP contribution in [0.25, 0.3) is 0 Å². The number of aliphatic hydroxyl groups is 1. The molecule has 0 aromatic carbocycles. The van der Waals surface area contributed by atoms with Gasteiger partial charge in [0.15, 0.2) is 0 Å². The molecule has 1 N–H and O–H groups in total. The van der Waals surface area contributed by atoms with Crippen molar-refractivity contribution >= 4 is 7.60 Å². The summed E-state index contributed by atoms with van der Waals surface area (Å²) in [5, 5.41) is 8.70. The molecule has 0 heterocycles. The van der Waals surface area contributed by atoms with Gasteiger partial charge in [-0.3, -0.25) is 4.57 Å². The summed E-state index contributed by atoms with van der Waals surface area (Å²) in [7, 11) is -3.15. The van der Waals surface area contributed by atoms with Crippen LogP contribution in [0.5, 0.6) is 0 Å². The van der Waals surface area contributed by atoms with E-state index >= 15 is 0 Å². The molecule has 0 saturated heterocycles. The largest absolute Gasteiger partial charge is 0.391 e. The smallest absolute Gasteiger partial charge is 0.361 e. The zero-order valence-electron chi connectivity index (χ0n) is 8.82. The Morgan fingerprint density at radius 1 is 1.43 bits per heavy atom. The van der Waals surface area contributed by atoms with Gasteiger partial charge in [0.2, 0.25) is 0 Å². The van der Waals surface area contributed by atoms with Crippen LogP contribution in [0.2, 0.25) is 0 Å². The summed E-state index contributed by atoms with van der Waals surface area (Å²) in [5.74, 6) is 1.26. The molecule has 0 aliphatic carbocycles. The molecule has 0 spiro atoms. The normalized spacial score (nSPS) is 10.9. The van der Waals surface area contributed by atoms with E-state index in [0.29, 0.717) is 18.8 Å². The Kier molecular flexibility index (Phi) is 6.81. The zero-order chi connectivity index (χ0) is 11.0. The summed E-state index contributed by atoms with van der Waals surface area (Å²) in [4.78, 5) is 0. The van der Waals surface area contributed by atoms with Crippen molar-refractivity contribution in [3.63, 3.8) is 0 Å².